The van der Waals surface area contributed by atoms with E-state index >= 15 is 0 Å². The summed E-state index contributed by atoms with van der Waals surface area (Å²) in [5, 5.41) is 0. The Kier molecular flexibility index (Phi) is 8.52. The number of carbonyl (C=O) groups is 1. The maximum Gasteiger partial charge on any atom is 0.255 e. The van der Waals surface area contributed by atoms with Gasteiger partial charge in [0.1, 0.15) is 0 Å². The second kappa shape index (κ2) is 11.8. The van der Waals surface area contributed by atoms with Gasteiger partial charge in [-0.1, -0.05) is 49.4 Å². The zero-order chi connectivity index (χ0) is 25.7. The lowest BCUT2D eigenvalue weighted by atomic mass is 10.1. The van der Waals surface area contributed by atoms with Crippen molar-refractivity contribution in [2.24, 2.45) is 0 Å². The van der Waals surface area contributed by atoms with Crippen LogP contribution in [0.2, 0.25) is 0 Å². The molecule has 192 valence electrons. The first-order valence-corrected chi connectivity index (χ1v) is 13.4. The molecule has 0 aliphatic carbocycles. The molecule has 1 aromatic heterocycles. The lowest BCUT2D eigenvalue weighted by molar-refractivity contribution is 0.0787. The van der Waals surface area contributed by atoms with E-state index in [0.717, 1.165) is 81.2 Å². The van der Waals surface area contributed by atoms with Gasteiger partial charge in [0.05, 0.1) is 5.56 Å². The Bertz CT molecular complexity index is 1160. The highest BCUT2D eigenvalue weighted by atomic mass is 16.2. The summed E-state index contributed by atoms with van der Waals surface area (Å²) in [5.74, 6) is 0.124. The molecule has 1 amide bonds. The fraction of sp³-hybridized carbons (Fsp3) is 0.452. The van der Waals surface area contributed by atoms with E-state index in [1.807, 2.05) is 18.0 Å². The van der Waals surface area contributed by atoms with Crippen LogP contribution in [0.15, 0.2) is 54.6 Å². The van der Waals surface area contributed by atoms with Crippen molar-refractivity contribution in [3.8, 4) is 11.3 Å². The maximum absolute atomic E-state index is 13.4. The quantitative estimate of drug-likeness (QED) is 0.385. The predicted molar refractivity (Wildman–Crippen MR) is 151 cm³/mol. The van der Waals surface area contributed by atoms with Crippen LogP contribution >= 0.6 is 0 Å². The van der Waals surface area contributed by atoms with Gasteiger partial charge in [-0.3, -0.25) is 9.69 Å². The first kappa shape index (κ1) is 26.0. The summed E-state index contributed by atoms with van der Waals surface area (Å²) in [6.45, 7) is 15.7. The Hall–Kier alpha value is -3.05. The molecule has 0 saturated carbocycles. The largest absolute Gasteiger partial charge is 0.369 e. The van der Waals surface area contributed by atoms with Gasteiger partial charge >= 0.3 is 0 Å². The number of rotatable bonds is 9. The number of carbonyl (C=O) groups excluding carboxylic acids is 1. The smallest absolute Gasteiger partial charge is 0.255 e. The van der Waals surface area contributed by atoms with Crippen LogP contribution in [0.5, 0.6) is 0 Å². The maximum atomic E-state index is 13.4. The van der Waals surface area contributed by atoms with Gasteiger partial charge in [0.2, 0.25) is 0 Å². The molecule has 1 aliphatic heterocycles. The van der Waals surface area contributed by atoms with Crippen LogP contribution in [0.25, 0.3) is 11.3 Å². The van der Waals surface area contributed by atoms with Crippen molar-refractivity contribution >= 4 is 11.6 Å². The van der Waals surface area contributed by atoms with Crippen molar-refractivity contribution in [1.29, 1.82) is 0 Å². The van der Waals surface area contributed by atoms with Gasteiger partial charge < -0.3 is 14.4 Å². The Labute approximate surface area is 217 Å². The van der Waals surface area contributed by atoms with Gasteiger partial charge in [-0.05, 0) is 69.0 Å². The summed E-state index contributed by atoms with van der Waals surface area (Å²) in [6.07, 6.45) is 2.03. The molecule has 0 N–H and O–H groups in total. The summed E-state index contributed by atoms with van der Waals surface area (Å²) in [6, 6.07) is 19.1. The van der Waals surface area contributed by atoms with Crippen LogP contribution in [-0.4, -0.2) is 66.6 Å². The van der Waals surface area contributed by atoms with Crippen LogP contribution in [-0.2, 0) is 6.54 Å². The number of nitrogens with zero attached hydrogens (tertiary/aromatic N) is 4. The third kappa shape index (κ3) is 5.67. The number of hydrogen-bond acceptors (Lipinski definition) is 3. The molecule has 0 atom stereocenters. The minimum absolute atomic E-state index is 0.124. The minimum atomic E-state index is 0.124. The average molecular weight is 487 g/mol. The third-order valence-electron chi connectivity index (χ3n) is 7.72. The van der Waals surface area contributed by atoms with Gasteiger partial charge in [0.15, 0.2) is 0 Å². The third-order valence-corrected chi connectivity index (χ3v) is 7.72. The molecule has 4 rings (SSSR count). The van der Waals surface area contributed by atoms with E-state index in [2.05, 4.69) is 90.6 Å². The summed E-state index contributed by atoms with van der Waals surface area (Å²) < 4.78 is 2.30. The summed E-state index contributed by atoms with van der Waals surface area (Å²) in [4.78, 5) is 20.4. The van der Waals surface area contributed by atoms with Crippen LogP contribution in [0.1, 0.15) is 46.9 Å². The van der Waals surface area contributed by atoms with E-state index in [-0.39, 0.29) is 5.91 Å². The van der Waals surface area contributed by atoms with Crippen LogP contribution < -0.4 is 4.90 Å². The lowest BCUT2D eigenvalue weighted by Gasteiger charge is -2.37. The molecular formula is C31H42N4O. The van der Waals surface area contributed by atoms with E-state index in [1.54, 1.807) is 0 Å². The zero-order valence-corrected chi connectivity index (χ0v) is 22.8. The van der Waals surface area contributed by atoms with Gasteiger partial charge in [0, 0.05) is 63.4 Å². The van der Waals surface area contributed by atoms with Crippen molar-refractivity contribution in [1.82, 2.24) is 14.4 Å². The molecule has 5 nitrogen and oxygen atoms in total. The number of piperazine rings is 1. The number of aromatic nitrogens is 1. The Morgan fingerprint density at radius 1 is 0.917 bits per heavy atom. The molecule has 5 heteroatoms. The van der Waals surface area contributed by atoms with Crippen molar-refractivity contribution in [2.75, 3.05) is 51.2 Å². The lowest BCUT2D eigenvalue weighted by Crippen LogP contribution is -2.47. The predicted octanol–water partition coefficient (Wildman–Crippen LogP) is 5.77. The van der Waals surface area contributed by atoms with Gasteiger partial charge in [-0.2, -0.15) is 0 Å². The zero-order valence-electron chi connectivity index (χ0n) is 22.8. The minimum Gasteiger partial charge on any atom is -0.369 e. The second-order valence-corrected chi connectivity index (χ2v) is 10.2. The van der Waals surface area contributed by atoms with Crippen LogP contribution in [0.3, 0.4) is 0 Å². The molecule has 1 saturated heterocycles. The highest BCUT2D eigenvalue weighted by Crippen LogP contribution is 2.27. The van der Waals surface area contributed by atoms with E-state index in [0.29, 0.717) is 0 Å². The molecule has 2 aromatic carbocycles. The SMILES string of the molecule is CCCn1c(-c2ccccc2)cc(C(=O)N(C)CCCN2CCN(c3cccc(C)c3C)CC2)c1C. The van der Waals surface area contributed by atoms with Crippen molar-refractivity contribution < 1.29 is 4.79 Å². The highest BCUT2D eigenvalue weighted by Gasteiger charge is 2.22. The molecule has 0 unspecified atom stereocenters. The number of benzene rings is 2. The molecule has 2 heterocycles. The van der Waals surface area contributed by atoms with Gasteiger partial charge in [-0.25, -0.2) is 0 Å². The topological polar surface area (TPSA) is 31.7 Å². The van der Waals surface area contributed by atoms with Gasteiger partial charge in [-0.15, -0.1) is 0 Å². The molecule has 36 heavy (non-hydrogen) atoms. The molecule has 0 radical (unpaired) electrons. The van der Waals surface area contributed by atoms with Crippen LogP contribution in [0, 0.1) is 20.8 Å². The Balaban J connectivity index is 1.32. The number of aryl methyl sites for hydroxylation is 1. The molecule has 1 fully saturated rings. The first-order valence-electron chi connectivity index (χ1n) is 13.4. The Morgan fingerprint density at radius 2 is 1.64 bits per heavy atom. The van der Waals surface area contributed by atoms with Crippen molar-refractivity contribution in [3.63, 3.8) is 0 Å². The Morgan fingerprint density at radius 3 is 2.33 bits per heavy atom. The number of amides is 1. The van der Waals surface area contributed by atoms with E-state index in [1.165, 1.54) is 16.8 Å². The number of hydrogen-bond donors (Lipinski definition) is 0. The van der Waals surface area contributed by atoms with Crippen molar-refractivity contribution in [3.05, 3.63) is 77.0 Å². The number of anilines is 1. The van der Waals surface area contributed by atoms with E-state index in [9.17, 15) is 4.79 Å². The molecular weight excluding hydrogens is 444 g/mol. The summed E-state index contributed by atoms with van der Waals surface area (Å²) in [7, 11) is 1.94. The second-order valence-electron chi connectivity index (χ2n) is 10.2. The first-order chi connectivity index (χ1) is 17.4. The molecule has 3 aromatic rings. The summed E-state index contributed by atoms with van der Waals surface area (Å²) >= 11 is 0. The fourth-order valence-corrected chi connectivity index (χ4v) is 5.35. The van der Waals surface area contributed by atoms with Crippen LogP contribution in [0.4, 0.5) is 5.69 Å². The van der Waals surface area contributed by atoms with Crippen molar-refractivity contribution in [2.45, 2.75) is 47.1 Å². The summed E-state index contributed by atoms with van der Waals surface area (Å²) in [5.41, 5.74) is 8.31. The fourth-order valence-electron chi connectivity index (χ4n) is 5.35. The van der Waals surface area contributed by atoms with E-state index in [4.69, 9.17) is 0 Å². The van der Waals surface area contributed by atoms with Gasteiger partial charge in [0.25, 0.3) is 5.91 Å². The average Bonchev–Trinajstić information content (AvgIpc) is 3.22. The van der Waals surface area contributed by atoms with E-state index < -0.39 is 0 Å². The highest BCUT2D eigenvalue weighted by molar-refractivity contribution is 5.96. The molecule has 1 aliphatic rings. The normalized spacial score (nSPS) is 14.3. The molecule has 0 bridgehead atoms. The molecule has 0 spiro atoms. The monoisotopic (exact) mass is 486 g/mol. The standard InChI is InChI=1S/C31H42N4O/c1-6-16-35-26(4)28(23-30(35)27-13-8-7-9-14-27)31(36)32(5)17-11-18-33-19-21-34(22-20-33)29-15-10-12-24(2)25(29)3/h7-10,12-15,23H,6,11,16-22H2,1-5H3.